The maximum absolute atomic E-state index is 13.1. The Morgan fingerprint density at radius 1 is 1.12 bits per heavy atom. The number of sulfonamides is 1. The van der Waals surface area contributed by atoms with Crippen LogP contribution in [0.5, 0.6) is 5.75 Å². The van der Waals surface area contributed by atoms with Gasteiger partial charge in [-0.25, -0.2) is 18.2 Å². The number of amides is 2. The van der Waals surface area contributed by atoms with Gasteiger partial charge in [-0.05, 0) is 35.4 Å². The minimum atomic E-state index is -3.60. The molecule has 3 heterocycles. The number of rotatable bonds is 5. The number of urea groups is 1. The average molecular weight is 471 g/mol. The highest BCUT2D eigenvalue weighted by molar-refractivity contribution is 7.89. The summed E-state index contributed by atoms with van der Waals surface area (Å²) in [7, 11) is -2.00. The van der Waals surface area contributed by atoms with Crippen LogP contribution in [0.15, 0.2) is 64.0 Å². The molecule has 3 aromatic rings. The van der Waals surface area contributed by atoms with Crippen LogP contribution in [0.1, 0.15) is 5.56 Å². The highest BCUT2D eigenvalue weighted by Gasteiger charge is 2.37. The number of benzene rings is 2. The molecule has 0 saturated carbocycles. The lowest BCUT2D eigenvalue weighted by atomic mass is 10.2. The molecule has 2 amide bonds. The van der Waals surface area contributed by atoms with Crippen LogP contribution in [0.3, 0.4) is 0 Å². The molecular formula is C22H22N4O4S2. The van der Waals surface area contributed by atoms with E-state index in [1.54, 1.807) is 35.7 Å². The first kappa shape index (κ1) is 20.9. The zero-order valence-corrected chi connectivity index (χ0v) is 19.1. The van der Waals surface area contributed by atoms with Gasteiger partial charge in [-0.3, -0.25) is 0 Å². The summed E-state index contributed by atoms with van der Waals surface area (Å²) in [6.07, 6.45) is 0. The number of para-hydroxylation sites is 1. The number of thiazole rings is 1. The minimum absolute atomic E-state index is 0.171. The Hall–Kier alpha value is -2.95. The molecule has 10 heteroatoms. The molecular weight excluding hydrogens is 448 g/mol. The van der Waals surface area contributed by atoms with Gasteiger partial charge in [-0.15, -0.1) is 11.3 Å². The first-order chi connectivity index (χ1) is 15.5. The van der Waals surface area contributed by atoms with Gasteiger partial charge in [0, 0.05) is 38.3 Å². The molecule has 2 aliphatic rings. The van der Waals surface area contributed by atoms with Crippen LogP contribution in [0.4, 0.5) is 4.79 Å². The van der Waals surface area contributed by atoms with E-state index in [1.165, 1.54) is 15.6 Å². The summed E-state index contributed by atoms with van der Waals surface area (Å²) in [5.74, 6) is 0.729. The van der Waals surface area contributed by atoms with E-state index in [-0.39, 0.29) is 10.9 Å². The number of methoxy groups -OCH3 is 1. The maximum Gasteiger partial charge on any atom is 0.318 e. The molecule has 8 nitrogen and oxygen atoms in total. The molecule has 1 N–H and O–H groups in total. The standard InChI is InChI=1S/C22H22N4O4S2/c1-30-20-5-3-2-4-15(20)9-23-22(27)25-10-16-12-26(13-17(16)11-25)32(28,29)18-6-7-19-21(8-18)31-14-24-19/h2-8,14H,9-13H2,1H3,(H,23,27). The van der Waals surface area contributed by atoms with Gasteiger partial charge < -0.3 is 15.0 Å². The van der Waals surface area contributed by atoms with Gasteiger partial charge in [0.1, 0.15) is 5.75 Å². The van der Waals surface area contributed by atoms with Crippen LogP contribution in [0.25, 0.3) is 10.2 Å². The molecule has 0 spiro atoms. The minimum Gasteiger partial charge on any atom is -0.496 e. The first-order valence-corrected chi connectivity index (χ1v) is 12.5. The monoisotopic (exact) mass is 470 g/mol. The highest BCUT2D eigenvalue weighted by atomic mass is 32.2. The number of aromatic nitrogens is 1. The molecule has 5 rings (SSSR count). The third-order valence-electron chi connectivity index (χ3n) is 5.85. The van der Waals surface area contributed by atoms with Crippen LogP contribution in [-0.2, 0) is 16.6 Å². The molecule has 0 atom stereocenters. The molecule has 1 aromatic heterocycles. The molecule has 0 bridgehead atoms. The fourth-order valence-electron chi connectivity index (χ4n) is 4.14. The van der Waals surface area contributed by atoms with Crippen molar-refractivity contribution in [3.63, 3.8) is 0 Å². The number of fused-ring (bicyclic) bond motifs is 1. The van der Waals surface area contributed by atoms with Crippen LogP contribution >= 0.6 is 11.3 Å². The van der Waals surface area contributed by atoms with Crippen LogP contribution < -0.4 is 10.1 Å². The van der Waals surface area contributed by atoms with Gasteiger partial charge in [0.15, 0.2) is 0 Å². The van der Waals surface area contributed by atoms with Gasteiger partial charge in [0.2, 0.25) is 10.0 Å². The summed E-state index contributed by atoms with van der Waals surface area (Å²) in [6.45, 7) is 1.87. The predicted molar refractivity (Wildman–Crippen MR) is 122 cm³/mol. The molecule has 32 heavy (non-hydrogen) atoms. The van der Waals surface area contributed by atoms with Gasteiger partial charge in [0.05, 0.1) is 27.7 Å². The number of ether oxygens (including phenoxy) is 1. The fraction of sp³-hybridized carbons (Fsp3) is 0.273. The van der Waals surface area contributed by atoms with E-state index in [0.717, 1.165) is 32.7 Å². The quantitative estimate of drug-likeness (QED) is 0.579. The Morgan fingerprint density at radius 2 is 1.88 bits per heavy atom. The third kappa shape index (κ3) is 3.74. The van der Waals surface area contributed by atoms with Gasteiger partial charge in [-0.1, -0.05) is 18.2 Å². The number of nitrogens with one attached hydrogen (secondary N) is 1. The number of nitrogens with zero attached hydrogens (tertiary/aromatic N) is 3. The largest absolute Gasteiger partial charge is 0.496 e. The molecule has 0 saturated heterocycles. The average Bonchev–Trinajstić information content (AvgIpc) is 3.51. The lowest BCUT2D eigenvalue weighted by molar-refractivity contribution is 0.207. The second kappa shape index (κ2) is 8.19. The van der Waals surface area contributed by atoms with Crippen molar-refractivity contribution >= 4 is 37.6 Å². The summed E-state index contributed by atoms with van der Waals surface area (Å²) in [5, 5.41) is 2.93. The highest BCUT2D eigenvalue weighted by Crippen LogP contribution is 2.31. The Kier molecular flexibility index (Phi) is 5.36. The van der Waals surface area contributed by atoms with E-state index in [2.05, 4.69) is 10.3 Å². The van der Waals surface area contributed by atoms with Crippen LogP contribution in [0, 0.1) is 0 Å². The lowest BCUT2D eigenvalue weighted by Gasteiger charge is -2.23. The summed E-state index contributed by atoms with van der Waals surface area (Å²) in [5.41, 5.74) is 5.41. The van der Waals surface area contributed by atoms with Crippen molar-refractivity contribution in [3.8, 4) is 5.75 Å². The Morgan fingerprint density at radius 3 is 2.62 bits per heavy atom. The number of hydrogen-bond acceptors (Lipinski definition) is 6. The summed E-state index contributed by atoms with van der Waals surface area (Å²) < 4.78 is 34.0. The molecule has 0 aliphatic carbocycles. The topological polar surface area (TPSA) is 91.8 Å². The summed E-state index contributed by atoms with van der Waals surface area (Å²) in [4.78, 5) is 18.9. The Bertz CT molecular complexity index is 1310. The fourth-order valence-corrected chi connectivity index (χ4v) is 6.38. The van der Waals surface area contributed by atoms with E-state index in [4.69, 9.17) is 4.74 Å². The Balaban J connectivity index is 1.21. The van der Waals surface area contributed by atoms with E-state index in [9.17, 15) is 13.2 Å². The SMILES string of the molecule is COc1ccccc1CNC(=O)N1CC2=C(C1)CN(S(=O)(=O)c1ccc3ncsc3c1)C2. The zero-order chi connectivity index (χ0) is 22.3. The smallest absolute Gasteiger partial charge is 0.318 e. The van der Waals surface area contributed by atoms with Crippen molar-refractivity contribution in [3.05, 3.63) is 64.7 Å². The van der Waals surface area contributed by atoms with Crippen molar-refractivity contribution in [2.75, 3.05) is 33.3 Å². The molecule has 166 valence electrons. The first-order valence-electron chi connectivity index (χ1n) is 10.1. The zero-order valence-electron chi connectivity index (χ0n) is 17.4. The number of carbonyl (C=O) groups excluding carboxylic acids is 1. The van der Waals surface area contributed by atoms with E-state index >= 15 is 0 Å². The predicted octanol–water partition coefficient (Wildman–Crippen LogP) is 2.83. The molecule has 2 aromatic carbocycles. The van der Waals surface area contributed by atoms with Gasteiger partial charge >= 0.3 is 6.03 Å². The number of hydrogen-bond donors (Lipinski definition) is 1. The van der Waals surface area contributed by atoms with E-state index in [0.29, 0.717) is 32.7 Å². The van der Waals surface area contributed by atoms with Crippen molar-refractivity contribution in [1.82, 2.24) is 19.5 Å². The third-order valence-corrected chi connectivity index (χ3v) is 8.43. The molecule has 0 fully saturated rings. The van der Waals surface area contributed by atoms with Crippen molar-refractivity contribution in [1.29, 1.82) is 0 Å². The molecule has 2 aliphatic heterocycles. The Labute approximate surface area is 190 Å². The number of carbonyl (C=O) groups is 1. The van der Waals surface area contributed by atoms with E-state index < -0.39 is 10.0 Å². The van der Waals surface area contributed by atoms with E-state index in [1.807, 2.05) is 24.3 Å². The molecule has 0 unspecified atom stereocenters. The summed E-state index contributed by atoms with van der Waals surface area (Å²) in [6, 6.07) is 12.4. The van der Waals surface area contributed by atoms with Gasteiger partial charge in [0.25, 0.3) is 0 Å². The van der Waals surface area contributed by atoms with Crippen molar-refractivity contribution < 1.29 is 17.9 Å². The normalized spacial score (nSPS) is 16.6. The molecule has 0 radical (unpaired) electrons. The van der Waals surface area contributed by atoms with Gasteiger partial charge in [-0.2, -0.15) is 4.31 Å². The lowest BCUT2D eigenvalue weighted by Crippen LogP contribution is -2.41. The summed E-state index contributed by atoms with van der Waals surface area (Å²) >= 11 is 1.42. The van der Waals surface area contributed by atoms with Crippen molar-refractivity contribution in [2.24, 2.45) is 0 Å². The second-order valence-corrected chi connectivity index (χ2v) is 10.6. The maximum atomic E-state index is 13.1. The second-order valence-electron chi connectivity index (χ2n) is 7.79. The van der Waals surface area contributed by atoms with Crippen LogP contribution in [-0.4, -0.2) is 61.9 Å². The van der Waals surface area contributed by atoms with Crippen LogP contribution in [0.2, 0.25) is 0 Å². The van der Waals surface area contributed by atoms with Crippen molar-refractivity contribution in [2.45, 2.75) is 11.4 Å².